The maximum Gasteiger partial charge on any atom is 0.344 e. The van der Waals surface area contributed by atoms with Gasteiger partial charge >= 0.3 is 11.9 Å². The van der Waals surface area contributed by atoms with Crippen molar-refractivity contribution in [3.05, 3.63) is 35.9 Å². The Morgan fingerprint density at radius 2 is 1.04 bits per heavy atom. The molecule has 0 heterocycles. The Bertz CT molecular complexity index is 1500. The first-order valence-electron chi connectivity index (χ1n) is 20.0. The van der Waals surface area contributed by atoms with Crippen LogP contribution < -0.4 is 16.4 Å². The molecule has 7 atom stereocenters. The fraction of sp³-hybridized carbons (Fsp3) is 0.690. The Morgan fingerprint density at radius 1 is 0.614 bits per heavy atom. The molecule has 1 rings (SSSR count). The minimum absolute atomic E-state index is 0.0284. The molecule has 15 heteroatoms. The van der Waals surface area contributed by atoms with Gasteiger partial charge in [0.1, 0.15) is 30.2 Å². The molecule has 0 bridgehead atoms. The van der Waals surface area contributed by atoms with Crippen LogP contribution in [0, 0.1) is 23.7 Å². The summed E-state index contributed by atoms with van der Waals surface area (Å²) in [5.74, 6) is -4.85. The molecular formula is C42H70N6O9. The van der Waals surface area contributed by atoms with Crippen molar-refractivity contribution in [2.24, 2.45) is 29.4 Å². The van der Waals surface area contributed by atoms with Gasteiger partial charge in [-0.1, -0.05) is 85.7 Å². The summed E-state index contributed by atoms with van der Waals surface area (Å²) in [4.78, 5) is 97.9. The summed E-state index contributed by atoms with van der Waals surface area (Å²) in [5, 5.41) is 14.9. The Balaban J connectivity index is 3.55. The number of carboxylic acids is 1. The zero-order valence-corrected chi connectivity index (χ0v) is 36.4. The summed E-state index contributed by atoms with van der Waals surface area (Å²) in [6, 6.07) is 2.88. The number of benzene rings is 1. The zero-order valence-electron chi connectivity index (χ0n) is 36.4. The van der Waals surface area contributed by atoms with Crippen molar-refractivity contribution >= 4 is 41.5 Å². The minimum Gasteiger partial charge on any atom is -0.479 e. The first-order valence-corrected chi connectivity index (χ1v) is 20.0. The number of likely N-dealkylation sites (N-methyl/N-ethyl adjacent to an activating group) is 3. The number of carbonyl (C=O) groups is 7. The third-order valence-electron chi connectivity index (χ3n) is 9.80. The van der Waals surface area contributed by atoms with Crippen LogP contribution in [0.2, 0.25) is 0 Å². The predicted octanol–water partition coefficient (Wildman–Crippen LogP) is 3.23. The molecule has 57 heavy (non-hydrogen) atoms. The Morgan fingerprint density at radius 3 is 1.47 bits per heavy atom. The molecule has 0 saturated heterocycles. The predicted molar refractivity (Wildman–Crippen MR) is 218 cm³/mol. The van der Waals surface area contributed by atoms with E-state index in [9.17, 15) is 38.7 Å². The average molecular weight is 803 g/mol. The van der Waals surface area contributed by atoms with Crippen LogP contribution in [0.3, 0.4) is 0 Å². The number of rotatable bonds is 23. The number of ether oxygens (including phenoxy) is 1. The van der Waals surface area contributed by atoms with Crippen molar-refractivity contribution in [3.63, 3.8) is 0 Å². The Kier molecular flexibility index (Phi) is 20.9. The van der Waals surface area contributed by atoms with Crippen molar-refractivity contribution < 1.29 is 43.4 Å². The van der Waals surface area contributed by atoms with Gasteiger partial charge in [-0.15, -0.1) is 0 Å². The first kappa shape index (κ1) is 50.5. The molecule has 0 aromatic heterocycles. The maximum atomic E-state index is 14.5. The summed E-state index contributed by atoms with van der Waals surface area (Å²) < 4.78 is 4.99. The second-order valence-corrected chi connectivity index (χ2v) is 16.9. The first-order chi connectivity index (χ1) is 26.4. The largest absolute Gasteiger partial charge is 0.479 e. The number of esters is 1. The minimum atomic E-state index is -1.43. The van der Waals surface area contributed by atoms with Gasteiger partial charge in [-0.25, -0.2) is 9.59 Å². The number of aliphatic carboxylic acids is 1. The maximum absolute atomic E-state index is 14.5. The molecule has 0 radical (unpaired) electrons. The van der Waals surface area contributed by atoms with Gasteiger partial charge < -0.3 is 40.9 Å². The number of nitrogens with one attached hydrogen (secondary N) is 2. The van der Waals surface area contributed by atoms with Crippen molar-refractivity contribution in [2.45, 2.75) is 144 Å². The van der Waals surface area contributed by atoms with E-state index in [1.165, 1.54) is 37.7 Å². The van der Waals surface area contributed by atoms with Crippen molar-refractivity contribution in [2.75, 3.05) is 21.1 Å². The summed E-state index contributed by atoms with van der Waals surface area (Å²) in [7, 11) is 4.40. The van der Waals surface area contributed by atoms with E-state index in [1.807, 2.05) is 73.6 Å². The molecule has 1 aromatic carbocycles. The van der Waals surface area contributed by atoms with Crippen molar-refractivity contribution in [1.82, 2.24) is 25.3 Å². The molecule has 0 aliphatic rings. The van der Waals surface area contributed by atoms with Crippen LogP contribution in [0.5, 0.6) is 0 Å². The Hall–Kier alpha value is -4.53. The summed E-state index contributed by atoms with van der Waals surface area (Å²) >= 11 is 0. The van der Waals surface area contributed by atoms with E-state index in [4.69, 9.17) is 10.5 Å². The highest BCUT2D eigenvalue weighted by Crippen LogP contribution is 2.19. The van der Waals surface area contributed by atoms with E-state index in [-0.39, 0.29) is 48.8 Å². The fourth-order valence-corrected chi connectivity index (χ4v) is 6.39. The van der Waals surface area contributed by atoms with Gasteiger partial charge in [0.05, 0.1) is 6.04 Å². The summed E-state index contributed by atoms with van der Waals surface area (Å²) in [6.07, 6.45) is -0.152. The van der Waals surface area contributed by atoms with Crippen molar-refractivity contribution in [1.29, 1.82) is 0 Å². The number of hydrogen-bond donors (Lipinski definition) is 4. The van der Waals surface area contributed by atoms with E-state index in [0.29, 0.717) is 12.8 Å². The van der Waals surface area contributed by atoms with Crippen LogP contribution in [0.1, 0.15) is 100 Å². The van der Waals surface area contributed by atoms with Gasteiger partial charge in [0.2, 0.25) is 29.5 Å². The summed E-state index contributed by atoms with van der Waals surface area (Å²) in [6.45, 7) is 17.9. The van der Waals surface area contributed by atoms with Crippen LogP contribution in [0.25, 0.3) is 0 Å². The number of nitrogens with two attached hydrogens (primary N) is 1. The molecule has 0 spiro atoms. The van der Waals surface area contributed by atoms with E-state index >= 15 is 0 Å². The van der Waals surface area contributed by atoms with Gasteiger partial charge in [-0.05, 0) is 68.8 Å². The molecule has 0 saturated carbocycles. The normalized spacial score (nSPS) is 15.2. The molecule has 15 nitrogen and oxygen atoms in total. The van der Waals surface area contributed by atoms with E-state index in [0.717, 1.165) is 10.5 Å². The quantitative estimate of drug-likeness (QED) is 0.119. The summed E-state index contributed by atoms with van der Waals surface area (Å²) in [5.41, 5.74) is 6.97. The van der Waals surface area contributed by atoms with Crippen LogP contribution in [0.4, 0.5) is 0 Å². The lowest BCUT2D eigenvalue weighted by molar-refractivity contribution is -0.167. The third kappa shape index (κ3) is 16.5. The van der Waals surface area contributed by atoms with Gasteiger partial charge in [-0.2, -0.15) is 0 Å². The number of nitrogens with zero attached hydrogens (tertiary/aromatic N) is 3. The molecular weight excluding hydrogens is 732 g/mol. The fourth-order valence-electron chi connectivity index (χ4n) is 6.39. The molecule has 5 amide bonds. The van der Waals surface area contributed by atoms with Gasteiger partial charge in [0.15, 0.2) is 6.10 Å². The van der Waals surface area contributed by atoms with Gasteiger partial charge in [0, 0.05) is 27.6 Å². The Labute approximate surface area is 339 Å². The standard InChI is InChI=1S/C42H70N6O9/c1-24(2)19-31(43)38(51)47(12)34(22-27(7)8)36(49)45-33(21-26(5)6)40(53)48(13)35(23-30-17-15-14-16-18-30)37(50)44-32(20-25(3)4)39(52)46(11)28(9)42(56)57-29(10)41(54)55/h14-18,24-29,31-35H,19-23,43H2,1-13H3,(H,44,50)(H,45,49)(H,54,55)/t28-,29+,31-,32-,33-,34-,35-/m0/s1. The van der Waals surface area contributed by atoms with Crippen molar-refractivity contribution in [3.8, 4) is 0 Å². The highest BCUT2D eigenvalue weighted by atomic mass is 16.6. The van der Waals surface area contributed by atoms with E-state index in [2.05, 4.69) is 10.6 Å². The van der Waals surface area contributed by atoms with Gasteiger partial charge in [-0.3, -0.25) is 24.0 Å². The third-order valence-corrected chi connectivity index (χ3v) is 9.80. The monoisotopic (exact) mass is 803 g/mol. The molecule has 0 aliphatic carbocycles. The number of carboxylic acid groups (broad SMARTS) is 1. The number of carbonyl (C=O) groups excluding carboxylic acids is 6. The molecule has 0 unspecified atom stereocenters. The van der Waals surface area contributed by atoms with Gasteiger partial charge in [0.25, 0.3) is 0 Å². The lowest BCUT2D eigenvalue weighted by Gasteiger charge is -2.35. The second-order valence-electron chi connectivity index (χ2n) is 16.9. The lowest BCUT2D eigenvalue weighted by Crippen LogP contribution is -2.60. The zero-order chi connectivity index (χ0) is 43.9. The van der Waals surface area contributed by atoms with E-state index < -0.39 is 77.9 Å². The molecule has 5 N–H and O–H groups in total. The number of hydrogen-bond acceptors (Lipinski definition) is 9. The molecule has 0 aliphatic heterocycles. The average Bonchev–Trinajstić information content (AvgIpc) is 3.12. The topological polar surface area (TPSA) is 209 Å². The highest BCUT2D eigenvalue weighted by molar-refractivity contribution is 5.96. The van der Waals surface area contributed by atoms with Crippen LogP contribution in [0.15, 0.2) is 30.3 Å². The molecule has 1 aromatic rings. The SMILES string of the molecule is CC(C)C[C@H](NC(=O)[C@H](Cc1ccccc1)N(C)C(=O)[C@H](CC(C)C)NC(=O)[C@H](CC(C)C)N(C)C(=O)[C@@H](N)CC(C)C)C(=O)N(C)[C@@H](C)C(=O)O[C@H](C)C(=O)O. The molecule has 0 fully saturated rings. The van der Waals surface area contributed by atoms with E-state index in [1.54, 1.807) is 19.2 Å². The molecule has 322 valence electrons. The lowest BCUT2D eigenvalue weighted by atomic mass is 9.97. The van der Waals surface area contributed by atoms with Crippen LogP contribution >= 0.6 is 0 Å². The second kappa shape index (κ2) is 23.6. The number of amides is 5. The van der Waals surface area contributed by atoms with Crippen LogP contribution in [-0.4, -0.2) is 125 Å². The smallest absolute Gasteiger partial charge is 0.344 e. The highest BCUT2D eigenvalue weighted by Gasteiger charge is 2.38. The van der Waals surface area contributed by atoms with Crippen LogP contribution in [-0.2, 0) is 44.7 Å².